The van der Waals surface area contributed by atoms with Crippen molar-refractivity contribution in [2.75, 3.05) is 57.9 Å². The molecule has 3 aromatic rings. The molecule has 0 atom stereocenters. The Morgan fingerprint density at radius 3 is 2.76 bits per heavy atom. The van der Waals surface area contributed by atoms with Crippen LogP contribution in [0.3, 0.4) is 0 Å². The molecule has 0 bridgehead atoms. The number of aromatic nitrogens is 2. The van der Waals surface area contributed by atoms with Crippen molar-refractivity contribution >= 4 is 33.9 Å². The monoisotopic (exact) mass is 447 g/mol. The topological polar surface area (TPSA) is 91.5 Å². The average molecular weight is 448 g/mol. The highest BCUT2D eigenvalue weighted by atomic mass is 16.1. The number of nitrogens with zero attached hydrogens (tertiary/aromatic N) is 4. The summed E-state index contributed by atoms with van der Waals surface area (Å²) >= 11 is 0. The maximum Gasteiger partial charge on any atom is 0.253 e. The number of hydrogen-bond acceptors (Lipinski definition) is 6. The third kappa shape index (κ3) is 4.28. The molecule has 0 unspecified atom stereocenters. The number of likely N-dealkylation sites (N-methyl/N-ethyl adjacent to an activating group) is 1. The molecule has 33 heavy (non-hydrogen) atoms. The lowest BCUT2D eigenvalue weighted by molar-refractivity contribution is 0.0952. The third-order valence-corrected chi connectivity index (χ3v) is 6.64. The molecule has 0 radical (unpaired) electrons. The summed E-state index contributed by atoms with van der Waals surface area (Å²) in [5.41, 5.74) is 12.1. The van der Waals surface area contributed by atoms with Gasteiger partial charge in [0.2, 0.25) is 0 Å². The molecule has 8 heteroatoms. The Balaban J connectivity index is 1.53. The number of benzene rings is 2. The minimum Gasteiger partial charge on any atom is -0.399 e. The van der Waals surface area contributed by atoms with Crippen LogP contribution in [0.4, 0.5) is 17.1 Å². The van der Waals surface area contributed by atoms with Gasteiger partial charge < -0.3 is 26.2 Å². The zero-order valence-electron chi connectivity index (χ0n) is 19.5. The van der Waals surface area contributed by atoms with Crippen LogP contribution in [-0.4, -0.2) is 72.3 Å². The molecule has 1 saturated heterocycles. The molecule has 4 N–H and O–H groups in total. The quantitative estimate of drug-likeness (QED) is 0.377. The molecular formula is C25H33N7O. The first-order valence-corrected chi connectivity index (χ1v) is 11.9. The van der Waals surface area contributed by atoms with Crippen molar-refractivity contribution in [2.45, 2.75) is 25.8 Å². The largest absolute Gasteiger partial charge is 0.399 e. The van der Waals surface area contributed by atoms with E-state index in [0.29, 0.717) is 17.8 Å². The number of rotatable bonds is 7. The van der Waals surface area contributed by atoms with E-state index in [1.54, 1.807) is 0 Å². The lowest BCUT2D eigenvalue weighted by Gasteiger charge is -2.26. The second-order valence-electron chi connectivity index (χ2n) is 9.35. The molecule has 2 aromatic carbocycles. The molecular weight excluding hydrogens is 414 g/mol. The summed E-state index contributed by atoms with van der Waals surface area (Å²) in [5, 5.41) is 12.6. The van der Waals surface area contributed by atoms with Gasteiger partial charge in [-0.05, 0) is 70.4 Å². The van der Waals surface area contributed by atoms with Gasteiger partial charge in [0.15, 0.2) is 0 Å². The Kier molecular flexibility index (Phi) is 5.95. The molecule has 1 aromatic heterocycles. The summed E-state index contributed by atoms with van der Waals surface area (Å²) in [5.74, 6) is -0.0767. The molecule has 3 heterocycles. The fourth-order valence-electron chi connectivity index (χ4n) is 4.86. The van der Waals surface area contributed by atoms with E-state index in [2.05, 4.69) is 25.1 Å². The number of carbonyl (C=O) groups excluding carboxylic acids is 1. The number of nitrogens with one attached hydrogen (secondary N) is 2. The van der Waals surface area contributed by atoms with Gasteiger partial charge in [-0.1, -0.05) is 6.42 Å². The number of nitrogens with two attached hydrogens (primary N) is 1. The van der Waals surface area contributed by atoms with E-state index in [4.69, 9.17) is 10.8 Å². The number of fused-ring (bicyclic) bond motifs is 2. The molecule has 2 aliphatic heterocycles. The number of piperidine rings is 1. The van der Waals surface area contributed by atoms with E-state index in [9.17, 15) is 4.79 Å². The normalized spacial score (nSPS) is 15.5. The molecule has 1 amide bonds. The lowest BCUT2D eigenvalue weighted by atomic mass is 9.96. The van der Waals surface area contributed by atoms with Crippen LogP contribution in [0, 0.1) is 0 Å². The Hall–Kier alpha value is -3.10. The summed E-state index contributed by atoms with van der Waals surface area (Å²) in [6.07, 6.45) is 3.88. The number of hydrogen-bond donors (Lipinski definition) is 3. The Morgan fingerprint density at radius 1 is 1.15 bits per heavy atom. The van der Waals surface area contributed by atoms with Crippen molar-refractivity contribution < 1.29 is 4.79 Å². The lowest BCUT2D eigenvalue weighted by Crippen LogP contribution is -2.32. The zero-order valence-corrected chi connectivity index (χ0v) is 19.5. The summed E-state index contributed by atoms with van der Waals surface area (Å²) in [4.78, 5) is 17.6. The highest BCUT2D eigenvalue weighted by molar-refractivity contribution is 6.16. The first-order chi connectivity index (χ1) is 16.0. The Morgan fingerprint density at radius 2 is 1.97 bits per heavy atom. The third-order valence-electron chi connectivity index (χ3n) is 6.64. The maximum absolute atomic E-state index is 13.1. The van der Waals surface area contributed by atoms with E-state index in [-0.39, 0.29) is 5.91 Å². The predicted molar refractivity (Wildman–Crippen MR) is 134 cm³/mol. The van der Waals surface area contributed by atoms with Crippen LogP contribution < -0.4 is 16.4 Å². The Bertz CT molecular complexity index is 1180. The molecule has 8 nitrogen and oxygen atoms in total. The first kappa shape index (κ1) is 21.7. The number of anilines is 3. The van der Waals surface area contributed by atoms with Crippen LogP contribution in [0.5, 0.6) is 0 Å². The summed E-state index contributed by atoms with van der Waals surface area (Å²) in [7, 11) is 3.99. The van der Waals surface area contributed by atoms with Crippen LogP contribution in [0.2, 0.25) is 0 Å². The summed E-state index contributed by atoms with van der Waals surface area (Å²) < 4.78 is 2.09. The van der Waals surface area contributed by atoms with Crippen LogP contribution in [-0.2, 0) is 6.54 Å². The fourth-order valence-corrected chi connectivity index (χ4v) is 4.86. The molecule has 0 saturated carbocycles. The molecule has 0 spiro atoms. The van der Waals surface area contributed by atoms with Gasteiger partial charge in [0.25, 0.3) is 5.91 Å². The van der Waals surface area contributed by atoms with E-state index in [1.807, 2.05) is 44.4 Å². The van der Waals surface area contributed by atoms with Crippen LogP contribution in [0.25, 0.3) is 22.2 Å². The fraction of sp³-hybridized carbons (Fsp3) is 0.440. The minimum atomic E-state index is -0.0767. The van der Waals surface area contributed by atoms with E-state index in [1.165, 1.54) is 19.3 Å². The van der Waals surface area contributed by atoms with Crippen molar-refractivity contribution in [3.8, 4) is 11.3 Å². The highest BCUT2D eigenvalue weighted by Crippen LogP contribution is 2.45. The van der Waals surface area contributed by atoms with E-state index >= 15 is 0 Å². The van der Waals surface area contributed by atoms with Gasteiger partial charge in [-0.3, -0.25) is 9.48 Å². The van der Waals surface area contributed by atoms with Gasteiger partial charge in [0.1, 0.15) is 5.69 Å². The van der Waals surface area contributed by atoms with Gasteiger partial charge in [-0.2, -0.15) is 5.10 Å². The molecule has 0 aliphatic carbocycles. The molecule has 2 aliphatic rings. The summed E-state index contributed by atoms with van der Waals surface area (Å²) in [6.45, 7) is 5.51. The van der Waals surface area contributed by atoms with Crippen molar-refractivity contribution in [2.24, 2.45) is 0 Å². The number of carbonyl (C=O) groups is 1. The van der Waals surface area contributed by atoms with Crippen molar-refractivity contribution in [1.82, 2.24) is 24.9 Å². The maximum atomic E-state index is 13.1. The predicted octanol–water partition coefficient (Wildman–Crippen LogP) is 3.12. The van der Waals surface area contributed by atoms with E-state index in [0.717, 1.165) is 66.3 Å². The summed E-state index contributed by atoms with van der Waals surface area (Å²) in [6, 6.07) is 9.76. The number of nitrogen functional groups attached to an aromatic ring is 1. The van der Waals surface area contributed by atoms with Gasteiger partial charge in [0.05, 0.1) is 28.7 Å². The van der Waals surface area contributed by atoms with Crippen molar-refractivity contribution in [3.63, 3.8) is 0 Å². The van der Waals surface area contributed by atoms with Gasteiger partial charge >= 0.3 is 0 Å². The second-order valence-corrected chi connectivity index (χ2v) is 9.35. The van der Waals surface area contributed by atoms with Gasteiger partial charge in [-0.25, -0.2) is 0 Å². The first-order valence-electron chi connectivity index (χ1n) is 11.9. The van der Waals surface area contributed by atoms with Crippen molar-refractivity contribution in [1.29, 1.82) is 0 Å². The number of amides is 1. The zero-order chi connectivity index (χ0) is 22.9. The van der Waals surface area contributed by atoms with E-state index < -0.39 is 0 Å². The van der Waals surface area contributed by atoms with Crippen LogP contribution >= 0.6 is 0 Å². The van der Waals surface area contributed by atoms with Crippen LogP contribution in [0.1, 0.15) is 29.6 Å². The van der Waals surface area contributed by atoms with Gasteiger partial charge in [0, 0.05) is 36.6 Å². The highest BCUT2D eigenvalue weighted by Gasteiger charge is 2.27. The van der Waals surface area contributed by atoms with Crippen molar-refractivity contribution in [3.05, 3.63) is 35.9 Å². The number of likely N-dealkylation sites (tertiary alicyclic amines) is 1. The SMILES string of the molecule is CN(C)CCNC(=O)c1ccc2c3c(nn2CCN2CCCCC2)-c2cc(N)ccc2Nc13. The molecule has 174 valence electrons. The molecule has 5 rings (SSSR count). The van der Waals surface area contributed by atoms with Crippen LogP contribution in [0.15, 0.2) is 30.3 Å². The molecule has 1 fully saturated rings. The smallest absolute Gasteiger partial charge is 0.253 e. The second kappa shape index (κ2) is 9.03. The van der Waals surface area contributed by atoms with Gasteiger partial charge in [-0.15, -0.1) is 0 Å². The standard InChI is InChI=1S/C25H33N7O/c1-30(2)13-10-27-25(33)18-7-9-21-22-23(18)28-20-8-6-17(26)16-19(20)24(22)29-32(21)15-14-31-11-4-3-5-12-31/h6-9,16,28H,3-5,10-15,26H2,1-2H3,(H,27,33). The minimum absolute atomic E-state index is 0.0767. The average Bonchev–Trinajstić information content (AvgIpc) is 3.18. The Labute approximate surface area is 194 Å².